The maximum atomic E-state index is 11.1. The molecular formula is C7H12N6O4S. The molecular weight excluding hydrogens is 264 g/mol. The van der Waals surface area contributed by atoms with Gasteiger partial charge in [-0.1, -0.05) is 0 Å². The summed E-state index contributed by atoms with van der Waals surface area (Å²) in [7, 11) is -3.71. The standard InChI is InChI=1S/C7H12N6O4S/c8-6(9)5-7(12-17-11-5)16-4-1-2-13(3-4)18(10,14)15/h4H,1-3H2,(H3,8,9)(H2,10,14,15)/t4-/m1/s1. The van der Waals surface area contributed by atoms with E-state index in [1.807, 2.05) is 0 Å². The molecule has 1 aliphatic heterocycles. The number of aromatic nitrogens is 2. The number of amidine groups is 1. The van der Waals surface area contributed by atoms with Gasteiger partial charge in [0.1, 0.15) is 6.10 Å². The lowest BCUT2D eigenvalue weighted by molar-refractivity contribution is 0.190. The number of nitrogen functional groups attached to an aromatic ring is 1. The summed E-state index contributed by atoms with van der Waals surface area (Å²) in [5.41, 5.74) is 5.23. The minimum atomic E-state index is -3.71. The third-order valence-corrected chi connectivity index (χ3v) is 3.51. The van der Waals surface area contributed by atoms with Crippen LogP contribution in [0.4, 0.5) is 0 Å². The second-order valence-corrected chi connectivity index (χ2v) is 5.31. The topological polar surface area (TPSA) is 161 Å². The van der Waals surface area contributed by atoms with Crippen LogP contribution in [0.1, 0.15) is 12.1 Å². The quantitative estimate of drug-likeness (QED) is 0.423. The highest BCUT2D eigenvalue weighted by atomic mass is 32.2. The van der Waals surface area contributed by atoms with E-state index in [-0.39, 0.29) is 30.5 Å². The third-order valence-electron chi connectivity index (χ3n) is 2.46. The molecule has 1 saturated heterocycles. The van der Waals surface area contributed by atoms with Crippen molar-refractivity contribution in [3.05, 3.63) is 5.69 Å². The Labute approximate surface area is 103 Å². The summed E-state index contributed by atoms with van der Waals surface area (Å²) in [6.07, 6.45) is 0.0361. The van der Waals surface area contributed by atoms with Gasteiger partial charge in [0, 0.05) is 6.54 Å². The van der Waals surface area contributed by atoms with E-state index in [1.165, 1.54) is 0 Å². The van der Waals surface area contributed by atoms with Gasteiger partial charge in [-0.15, -0.1) is 0 Å². The number of ether oxygens (including phenoxy) is 1. The largest absolute Gasteiger partial charge is 0.469 e. The van der Waals surface area contributed by atoms with Crippen LogP contribution in [0, 0.1) is 5.41 Å². The summed E-state index contributed by atoms with van der Waals surface area (Å²) < 4.78 is 33.1. The first kappa shape index (κ1) is 12.7. The van der Waals surface area contributed by atoms with E-state index in [2.05, 4.69) is 14.9 Å². The molecule has 1 aliphatic rings. The Morgan fingerprint density at radius 2 is 2.28 bits per heavy atom. The monoisotopic (exact) mass is 276 g/mol. The molecule has 0 amide bonds. The van der Waals surface area contributed by atoms with Gasteiger partial charge in [0.2, 0.25) is 5.69 Å². The molecule has 10 nitrogen and oxygen atoms in total. The molecule has 2 heterocycles. The van der Waals surface area contributed by atoms with Crippen LogP contribution in [0.3, 0.4) is 0 Å². The first-order valence-electron chi connectivity index (χ1n) is 4.99. The zero-order chi connectivity index (χ0) is 13.3. The molecule has 100 valence electrons. The fourth-order valence-electron chi connectivity index (χ4n) is 1.61. The molecule has 0 aromatic carbocycles. The Bertz CT molecular complexity index is 554. The van der Waals surface area contributed by atoms with Crippen LogP contribution < -0.4 is 15.6 Å². The first-order valence-corrected chi connectivity index (χ1v) is 6.49. The van der Waals surface area contributed by atoms with E-state index in [9.17, 15) is 8.42 Å². The van der Waals surface area contributed by atoms with Crippen molar-refractivity contribution in [1.82, 2.24) is 14.6 Å². The van der Waals surface area contributed by atoms with E-state index in [1.54, 1.807) is 0 Å². The summed E-state index contributed by atoms with van der Waals surface area (Å²) in [6.45, 7) is 0.382. The van der Waals surface area contributed by atoms with Crippen LogP contribution in [0.15, 0.2) is 4.63 Å². The van der Waals surface area contributed by atoms with Crippen molar-refractivity contribution in [1.29, 1.82) is 5.41 Å². The molecule has 5 N–H and O–H groups in total. The lowest BCUT2D eigenvalue weighted by atomic mass is 10.3. The van der Waals surface area contributed by atoms with Gasteiger partial charge in [-0.25, -0.2) is 9.77 Å². The SMILES string of the molecule is N=C(N)c1nonc1O[C@@H]1CCN(S(N)(=O)=O)C1. The second kappa shape index (κ2) is 4.51. The Kier molecular flexibility index (Phi) is 3.19. The van der Waals surface area contributed by atoms with Crippen molar-refractivity contribution in [3.63, 3.8) is 0 Å². The van der Waals surface area contributed by atoms with Crippen molar-refractivity contribution >= 4 is 16.0 Å². The molecule has 0 radical (unpaired) electrons. The Morgan fingerprint density at radius 1 is 1.56 bits per heavy atom. The smallest absolute Gasteiger partial charge is 0.287 e. The number of nitrogens with one attached hydrogen (secondary N) is 1. The summed E-state index contributed by atoms with van der Waals surface area (Å²) in [5.74, 6) is -0.365. The van der Waals surface area contributed by atoms with Crippen LogP contribution in [-0.2, 0) is 10.2 Å². The highest BCUT2D eigenvalue weighted by Crippen LogP contribution is 2.19. The van der Waals surface area contributed by atoms with E-state index >= 15 is 0 Å². The molecule has 1 aromatic rings. The van der Waals surface area contributed by atoms with Gasteiger partial charge >= 0.3 is 0 Å². The molecule has 1 aromatic heterocycles. The molecule has 0 bridgehead atoms. The number of hydrogen-bond donors (Lipinski definition) is 3. The van der Waals surface area contributed by atoms with Crippen molar-refractivity contribution in [2.24, 2.45) is 10.9 Å². The van der Waals surface area contributed by atoms with Crippen LogP contribution in [-0.4, -0.2) is 48.1 Å². The molecule has 0 aliphatic carbocycles. The van der Waals surface area contributed by atoms with Crippen LogP contribution in [0.5, 0.6) is 5.88 Å². The minimum Gasteiger partial charge on any atom is -0.469 e. The number of rotatable bonds is 4. The summed E-state index contributed by atoms with van der Waals surface area (Å²) in [4.78, 5) is 0. The van der Waals surface area contributed by atoms with Crippen molar-refractivity contribution < 1.29 is 17.8 Å². The normalized spacial score (nSPS) is 21.1. The lowest BCUT2D eigenvalue weighted by Crippen LogP contribution is -2.36. The third kappa shape index (κ3) is 2.57. The molecule has 0 spiro atoms. The zero-order valence-corrected chi connectivity index (χ0v) is 10.1. The van der Waals surface area contributed by atoms with Gasteiger partial charge in [-0.05, 0) is 16.7 Å². The van der Waals surface area contributed by atoms with Crippen molar-refractivity contribution in [2.45, 2.75) is 12.5 Å². The predicted octanol–water partition coefficient (Wildman–Crippen LogP) is -1.99. The molecule has 2 rings (SSSR count). The fourth-order valence-corrected chi connectivity index (χ4v) is 2.34. The summed E-state index contributed by atoms with van der Waals surface area (Å²) in [5, 5.41) is 19.1. The highest BCUT2D eigenvalue weighted by Gasteiger charge is 2.31. The zero-order valence-electron chi connectivity index (χ0n) is 9.24. The average Bonchev–Trinajstić information content (AvgIpc) is 2.85. The Hall–Kier alpha value is -1.72. The van der Waals surface area contributed by atoms with E-state index in [0.29, 0.717) is 6.42 Å². The van der Waals surface area contributed by atoms with Crippen molar-refractivity contribution in [3.8, 4) is 5.88 Å². The Morgan fingerprint density at radius 3 is 2.83 bits per heavy atom. The molecule has 0 saturated carbocycles. The van der Waals surface area contributed by atoms with E-state index in [0.717, 1.165) is 4.31 Å². The van der Waals surface area contributed by atoms with E-state index < -0.39 is 16.3 Å². The average molecular weight is 276 g/mol. The maximum Gasteiger partial charge on any atom is 0.287 e. The van der Waals surface area contributed by atoms with Gasteiger partial charge < -0.3 is 10.5 Å². The maximum absolute atomic E-state index is 11.1. The van der Waals surface area contributed by atoms with Gasteiger partial charge in [0.25, 0.3) is 16.1 Å². The fraction of sp³-hybridized carbons (Fsp3) is 0.571. The van der Waals surface area contributed by atoms with Crippen LogP contribution in [0.25, 0.3) is 0 Å². The van der Waals surface area contributed by atoms with Crippen LogP contribution >= 0.6 is 0 Å². The molecule has 18 heavy (non-hydrogen) atoms. The molecule has 1 fully saturated rings. The van der Waals surface area contributed by atoms with Crippen molar-refractivity contribution in [2.75, 3.05) is 13.1 Å². The lowest BCUT2D eigenvalue weighted by Gasteiger charge is -2.13. The Balaban J connectivity index is 2.04. The number of hydrogen-bond acceptors (Lipinski definition) is 7. The molecule has 1 atom stereocenters. The van der Waals surface area contributed by atoms with E-state index in [4.69, 9.17) is 21.0 Å². The number of nitrogens with zero attached hydrogens (tertiary/aromatic N) is 3. The predicted molar refractivity (Wildman–Crippen MR) is 59.0 cm³/mol. The summed E-state index contributed by atoms with van der Waals surface area (Å²) >= 11 is 0. The van der Waals surface area contributed by atoms with Gasteiger partial charge in [0.15, 0.2) is 5.84 Å². The highest BCUT2D eigenvalue weighted by molar-refractivity contribution is 7.86. The second-order valence-electron chi connectivity index (χ2n) is 3.76. The van der Waals surface area contributed by atoms with Gasteiger partial charge in [0.05, 0.1) is 6.54 Å². The summed E-state index contributed by atoms with van der Waals surface area (Å²) in [6, 6.07) is 0. The van der Waals surface area contributed by atoms with Gasteiger partial charge in [-0.3, -0.25) is 5.41 Å². The molecule has 0 unspecified atom stereocenters. The van der Waals surface area contributed by atoms with Gasteiger partial charge in [-0.2, -0.15) is 12.7 Å². The minimum absolute atomic E-state index is 0.0101. The van der Waals surface area contributed by atoms with Crippen LogP contribution in [0.2, 0.25) is 0 Å². The molecule has 11 heteroatoms. The first-order chi connectivity index (χ1) is 8.38. The number of nitrogens with two attached hydrogens (primary N) is 2.